The van der Waals surface area contributed by atoms with Gasteiger partial charge < -0.3 is 0 Å². The lowest BCUT2D eigenvalue weighted by Gasteiger charge is -2.30. The van der Waals surface area contributed by atoms with Crippen molar-refractivity contribution in [1.29, 1.82) is 0 Å². The molecule has 1 aromatic heterocycles. The highest BCUT2D eigenvalue weighted by Crippen LogP contribution is 2.40. The van der Waals surface area contributed by atoms with Crippen molar-refractivity contribution in [3.8, 4) is 11.3 Å². The molecule has 5 nitrogen and oxygen atoms in total. The van der Waals surface area contributed by atoms with E-state index in [9.17, 15) is 12.8 Å². The molecule has 2 heterocycles. The number of sulfonamides is 1. The maximum Gasteiger partial charge on any atom is 0.264 e. The van der Waals surface area contributed by atoms with Crippen LogP contribution in [0.1, 0.15) is 5.56 Å². The average Bonchev–Trinajstić information content (AvgIpc) is 3.03. The molecule has 0 amide bonds. The molecule has 0 fully saturated rings. The minimum absolute atomic E-state index is 0.120. The Morgan fingerprint density at radius 2 is 1.92 bits per heavy atom. The van der Waals surface area contributed by atoms with Crippen molar-refractivity contribution in [3.05, 3.63) is 65.1 Å². The van der Waals surface area contributed by atoms with Gasteiger partial charge in [-0.3, -0.25) is 9.40 Å². The number of benzene rings is 2. The SMILES string of the molecule is O=S(=O)(c1ccc(Cl)cc1)N1Cc2cn[nH]c2-c2cc(F)ccc21. The fourth-order valence-corrected chi connectivity index (χ4v) is 4.37. The van der Waals surface area contributed by atoms with E-state index in [1.165, 1.54) is 46.8 Å². The van der Waals surface area contributed by atoms with E-state index in [2.05, 4.69) is 10.2 Å². The molecule has 1 aliphatic heterocycles. The van der Waals surface area contributed by atoms with Crippen molar-refractivity contribution in [2.24, 2.45) is 0 Å². The molecule has 4 rings (SSSR count). The number of nitrogens with zero attached hydrogens (tertiary/aromatic N) is 2. The summed E-state index contributed by atoms with van der Waals surface area (Å²) in [6, 6.07) is 9.94. The summed E-state index contributed by atoms with van der Waals surface area (Å²) in [5, 5.41) is 7.20. The van der Waals surface area contributed by atoms with E-state index in [4.69, 9.17) is 11.6 Å². The second-order valence-corrected chi connectivity index (χ2v) is 7.70. The zero-order valence-corrected chi connectivity index (χ0v) is 13.8. The number of hydrogen-bond donors (Lipinski definition) is 1. The van der Waals surface area contributed by atoms with Crippen molar-refractivity contribution < 1.29 is 12.8 Å². The van der Waals surface area contributed by atoms with E-state index in [1.807, 2.05) is 0 Å². The van der Waals surface area contributed by atoms with Crippen LogP contribution in [0.5, 0.6) is 0 Å². The lowest BCUT2D eigenvalue weighted by molar-refractivity contribution is 0.589. The van der Waals surface area contributed by atoms with Gasteiger partial charge in [-0.2, -0.15) is 5.10 Å². The van der Waals surface area contributed by atoms with Crippen molar-refractivity contribution in [2.75, 3.05) is 4.31 Å². The Balaban J connectivity index is 1.90. The molecule has 0 radical (unpaired) electrons. The van der Waals surface area contributed by atoms with Gasteiger partial charge in [-0.25, -0.2) is 12.8 Å². The summed E-state index contributed by atoms with van der Waals surface area (Å²) in [6.45, 7) is 0.120. The molecule has 8 heteroatoms. The zero-order valence-electron chi connectivity index (χ0n) is 12.2. The van der Waals surface area contributed by atoms with Gasteiger partial charge in [-0.1, -0.05) is 11.6 Å². The summed E-state index contributed by atoms with van der Waals surface area (Å²) in [6.07, 6.45) is 1.55. The number of rotatable bonds is 2. The van der Waals surface area contributed by atoms with Crippen LogP contribution in [0, 0.1) is 5.82 Å². The molecular weight excluding hydrogens is 353 g/mol. The third kappa shape index (κ3) is 2.28. The first-order chi connectivity index (χ1) is 11.5. The van der Waals surface area contributed by atoms with Crippen molar-refractivity contribution in [3.63, 3.8) is 0 Å². The molecule has 0 atom stereocenters. The number of fused-ring (bicyclic) bond motifs is 3. The van der Waals surface area contributed by atoms with Crippen LogP contribution < -0.4 is 4.31 Å². The summed E-state index contributed by atoms with van der Waals surface area (Å²) in [7, 11) is -3.82. The van der Waals surface area contributed by atoms with Crippen LogP contribution in [-0.2, 0) is 16.6 Å². The Morgan fingerprint density at radius 1 is 1.17 bits per heavy atom. The van der Waals surface area contributed by atoms with Crippen LogP contribution in [0.15, 0.2) is 53.6 Å². The maximum atomic E-state index is 13.7. The fourth-order valence-electron chi connectivity index (χ4n) is 2.78. The first-order valence-corrected chi connectivity index (χ1v) is 8.89. The highest BCUT2D eigenvalue weighted by molar-refractivity contribution is 7.92. The molecule has 0 spiro atoms. The van der Waals surface area contributed by atoms with Gasteiger partial charge in [-0.05, 0) is 42.5 Å². The average molecular weight is 364 g/mol. The van der Waals surface area contributed by atoms with E-state index >= 15 is 0 Å². The lowest BCUT2D eigenvalue weighted by atomic mass is 10.0. The van der Waals surface area contributed by atoms with Crippen LogP contribution >= 0.6 is 11.6 Å². The zero-order chi connectivity index (χ0) is 16.9. The molecular formula is C16H11ClFN3O2S. The van der Waals surface area contributed by atoms with Gasteiger partial charge in [0.05, 0.1) is 29.0 Å². The van der Waals surface area contributed by atoms with Crippen LogP contribution in [0.25, 0.3) is 11.3 Å². The van der Waals surface area contributed by atoms with Crippen molar-refractivity contribution in [2.45, 2.75) is 11.4 Å². The molecule has 1 N–H and O–H groups in total. The number of aromatic nitrogens is 2. The molecule has 122 valence electrons. The molecule has 1 aliphatic rings. The normalized spacial score (nSPS) is 13.5. The van der Waals surface area contributed by atoms with E-state index in [0.29, 0.717) is 27.5 Å². The Bertz CT molecular complexity index is 1030. The van der Waals surface area contributed by atoms with Crippen LogP contribution in [0.4, 0.5) is 10.1 Å². The number of halogens is 2. The smallest absolute Gasteiger partial charge is 0.264 e. The number of aromatic amines is 1. The Hall–Kier alpha value is -2.38. The molecule has 0 aliphatic carbocycles. The van der Waals surface area contributed by atoms with Crippen molar-refractivity contribution in [1.82, 2.24) is 10.2 Å². The summed E-state index contributed by atoms with van der Waals surface area (Å²) >= 11 is 5.84. The van der Waals surface area contributed by atoms with Gasteiger partial charge in [0.15, 0.2) is 0 Å². The van der Waals surface area contributed by atoms with Gasteiger partial charge >= 0.3 is 0 Å². The number of nitrogens with one attached hydrogen (secondary N) is 1. The van der Waals surface area contributed by atoms with Gasteiger partial charge in [0.2, 0.25) is 0 Å². The highest BCUT2D eigenvalue weighted by Gasteiger charge is 2.32. The van der Waals surface area contributed by atoms with Crippen LogP contribution in [0.3, 0.4) is 0 Å². The molecule has 2 aromatic carbocycles. The van der Waals surface area contributed by atoms with Gasteiger partial charge in [0.1, 0.15) is 5.82 Å². The first kappa shape index (κ1) is 15.2. The minimum Gasteiger partial charge on any atom is -0.277 e. The third-order valence-electron chi connectivity index (χ3n) is 3.93. The molecule has 3 aromatic rings. The first-order valence-electron chi connectivity index (χ1n) is 7.07. The monoisotopic (exact) mass is 363 g/mol. The summed E-state index contributed by atoms with van der Waals surface area (Å²) in [5.41, 5.74) is 2.19. The van der Waals surface area contributed by atoms with Crippen LogP contribution in [0.2, 0.25) is 5.02 Å². The third-order valence-corrected chi connectivity index (χ3v) is 5.96. The predicted octanol–water partition coefficient (Wildman–Crippen LogP) is 3.58. The number of H-pyrrole nitrogens is 1. The summed E-state index contributed by atoms with van der Waals surface area (Å²) < 4.78 is 41.0. The van der Waals surface area contributed by atoms with Crippen LogP contribution in [-0.4, -0.2) is 18.6 Å². The molecule has 24 heavy (non-hydrogen) atoms. The molecule has 0 unspecified atom stereocenters. The quantitative estimate of drug-likeness (QED) is 0.756. The fraction of sp³-hybridized carbons (Fsp3) is 0.0625. The van der Waals surface area contributed by atoms with E-state index in [-0.39, 0.29) is 11.4 Å². The number of hydrogen-bond acceptors (Lipinski definition) is 3. The van der Waals surface area contributed by atoms with E-state index < -0.39 is 15.8 Å². The Labute approximate surface area is 142 Å². The van der Waals surface area contributed by atoms with Gasteiger partial charge in [0.25, 0.3) is 10.0 Å². The minimum atomic E-state index is -3.82. The number of anilines is 1. The maximum absolute atomic E-state index is 13.7. The van der Waals surface area contributed by atoms with Gasteiger partial charge in [0, 0.05) is 16.1 Å². The Kier molecular flexibility index (Phi) is 3.36. The summed E-state index contributed by atoms with van der Waals surface area (Å²) in [4.78, 5) is 0.120. The summed E-state index contributed by atoms with van der Waals surface area (Å²) in [5.74, 6) is -0.444. The van der Waals surface area contributed by atoms with Gasteiger partial charge in [-0.15, -0.1) is 0 Å². The Morgan fingerprint density at radius 3 is 2.67 bits per heavy atom. The molecule has 0 bridgehead atoms. The van der Waals surface area contributed by atoms with E-state index in [0.717, 1.165) is 0 Å². The highest BCUT2D eigenvalue weighted by atomic mass is 35.5. The second-order valence-electron chi connectivity index (χ2n) is 5.40. The standard InChI is InChI=1S/C16H11ClFN3O2S/c17-11-1-4-13(5-2-11)24(22,23)21-9-10-8-19-20-16(10)14-7-12(18)3-6-15(14)21/h1-8H,9H2,(H,19,20). The molecule has 0 saturated heterocycles. The lowest BCUT2D eigenvalue weighted by Crippen LogP contribution is -2.33. The molecule has 0 saturated carbocycles. The second kappa shape index (κ2) is 5.32. The topological polar surface area (TPSA) is 66.1 Å². The largest absolute Gasteiger partial charge is 0.277 e. The predicted molar refractivity (Wildman–Crippen MR) is 88.8 cm³/mol. The van der Waals surface area contributed by atoms with E-state index in [1.54, 1.807) is 6.20 Å². The van der Waals surface area contributed by atoms with Crippen molar-refractivity contribution >= 4 is 27.3 Å².